The van der Waals surface area contributed by atoms with Gasteiger partial charge in [-0.2, -0.15) is 0 Å². The van der Waals surface area contributed by atoms with Gasteiger partial charge in [-0.05, 0) is 31.4 Å². The summed E-state index contributed by atoms with van der Waals surface area (Å²) in [6, 6.07) is 1.75. The van der Waals surface area contributed by atoms with Gasteiger partial charge in [-0.1, -0.05) is 6.92 Å². The van der Waals surface area contributed by atoms with Crippen LogP contribution in [-0.4, -0.2) is 29.1 Å². The molecular formula is C12H17NO3. The number of furan rings is 1. The number of carbonyl (C=O) groups is 1. The summed E-state index contributed by atoms with van der Waals surface area (Å²) in [6.07, 6.45) is 4.07. The quantitative estimate of drug-likeness (QED) is 0.803. The predicted molar refractivity (Wildman–Crippen MR) is 59.3 cm³/mol. The molecule has 0 aromatic carbocycles. The topological polar surface area (TPSA) is 53.7 Å². The molecule has 1 aliphatic carbocycles. The van der Waals surface area contributed by atoms with E-state index in [1.54, 1.807) is 6.07 Å². The minimum Gasteiger partial charge on any atom is -0.475 e. The maximum atomic E-state index is 10.9. The molecule has 88 valence electrons. The highest BCUT2D eigenvalue weighted by Crippen LogP contribution is 2.30. The van der Waals surface area contributed by atoms with Crippen molar-refractivity contribution < 1.29 is 14.3 Å². The molecule has 1 saturated carbocycles. The van der Waals surface area contributed by atoms with Crippen LogP contribution in [0.5, 0.6) is 0 Å². The van der Waals surface area contributed by atoms with Crippen LogP contribution in [0, 0.1) is 5.92 Å². The van der Waals surface area contributed by atoms with Gasteiger partial charge >= 0.3 is 5.97 Å². The molecule has 0 atom stereocenters. The molecule has 1 aromatic heterocycles. The average Bonchev–Trinajstić information content (AvgIpc) is 2.93. The van der Waals surface area contributed by atoms with Crippen molar-refractivity contribution in [3.05, 3.63) is 23.7 Å². The number of hydrogen-bond donors (Lipinski definition) is 1. The van der Waals surface area contributed by atoms with Crippen molar-refractivity contribution >= 4 is 5.97 Å². The Hall–Kier alpha value is -1.29. The van der Waals surface area contributed by atoms with E-state index in [9.17, 15) is 4.79 Å². The summed E-state index contributed by atoms with van der Waals surface area (Å²) in [6.45, 7) is 4.79. The largest absolute Gasteiger partial charge is 0.475 e. The molecule has 1 heterocycles. The summed E-state index contributed by atoms with van der Waals surface area (Å²) in [5.74, 6) is -0.0862. The first kappa shape index (κ1) is 11.2. The summed E-state index contributed by atoms with van der Waals surface area (Å²) in [7, 11) is 0. The molecule has 0 radical (unpaired) electrons. The fourth-order valence-corrected chi connectivity index (χ4v) is 1.86. The van der Waals surface area contributed by atoms with Crippen molar-refractivity contribution in [2.45, 2.75) is 26.3 Å². The van der Waals surface area contributed by atoms with Crippen molar-refractivity contribution in [2.24, 2.45) is 5.92 Å². The van der Waals surface area contributed by atoms with Crippen molar-refractivity contribution in [3.63, 3.8) is 0 Å². The van der Waals surface area contributed by atoms with Crippen LogP contribution in [0.2, 0.25) is 0 Å². The lowest BCUT2D eigenvalue weighted by molar-refractivity contribution is 0.0659. The molecule has 0 unspecified atom stereocenters. The van der Waals surface area contributed by atoms with E-state index < -0.39 is 5.97 Å². The third-order valence-corrected chi connectivity index (χ3v) is 3.00. The van der Waals surface area contributed by atoms with Crippen molar-refractivity contribution in [1.29, 1.82) is 0 Å². The summed E-state index contributed by atoms with van der Waals surface area (Å²) in [5, 5.41) is 8.92. The highest BCUT2D eigenvalue weighted by Gasteiger charge is 2.24. The van der Waals surface area contributed by atoms with E-state index in [1.807, 2.05) is 0 Å². The van der Waals surface area contributed by atoms with Gasteiger partial charge in [-0.25, -0.2) is 4.79 Å². The second-order valence-corrected chi connectivity index (χ2v) is 4.35. The molecule has 0 spiro atoms. The fraction of sp³-hybridized carbons (Fsp3) is 0.583. The SMILES string of the molecule is CCN(Cc1ccoc1C(=O)O)CC1CC1. The maximum absolute atomic E-state index is 10.9. The predicted octanol–water partition coefficient (Wildman–Crippen LogP) is 2.21. The molecule has 2 rings (SSSR count). The molecule has 4 nitrogen and oxygen atoms in total. The van der Waals surface area contributed by atoms with Crippen molar-refractivity contribution in [2.75, 3.05) is 13.1 Å². The molecule has 1 aromatic rings. The van der Waals surface area contributed by atoms with Crippen LogP contribution in [-0.2, 0) is 6.54 Å². The number of rotatable bonds is 6. The van der Waals surface area contributed by atoms with E-state index in [4.69, 9.17) is 9.52 Å². The first-order valence-electron chi connectivity index (χ1n) is 5.72. The number of aromatic carboxylic acids is 1. The van der Waals surface area contributed by atoms with E-state index in [-0.39, 0.29) is 5.76 Å². The van der Waals surface area contributed by atoms with Crippen LogP contribution < -0.4 is 0 Å². The fourth-order valence-electron chi connectivity index (χ4n) is 1.86. The van der Waals surface area contributed by atoms with E-state index in [0.29, 0.717) is 6.54 Å². The molecule has 0 saturated heterocycles. The number of carboxylic acid groups (broad SMARTS) is 1. The van der Waals surface area contributed by atoms with E-state index in [1.165, 1.54) is 19.1 Å². The molecule has 1 aliphatic rings. The summed E-state index contributed by atoms with van der Waals surface area (Å²) in [4.78, 5) is 13.1. The Morgan fingerprint density at radius 1 is 1.62 bits per heavy atom. The molecule has 0 bridgehead atoms. The van der Waals surface area contributed by atoms with Gasteiger partial charge in [0.25, 0.3) is 0 Å². The van der Waals surface area contributed by atoms with Crippen molar-refractivity contribution in [3.8, 4) is 0 Å². The Balaban J connectivity index is 1.99. The lowest BCUT2D eigenvalue weighted by Crippen LogP contribution is -2.25. The first-order valence-corrected chi connectivity index (χ1v) is 5.72. The van der Waals surface area contributed by atoms with E-state index in [2.05, 4.69) is 11.8 Å². The van der Waals surface area contributed by atoms with E-state index in [0.717, 1.165) is 24.6 Å². The van der Waals surface area contributed by atoms with Crippen LogP contribution >= 0.6 is 0 Å². The van der Waals surface area contributed by atoms with Gasteiger partial charge in [-0.3, -0.25) is 4.90 Å². The van der Waals surface area contributed by atoms with Gasteiger partial charge in [0.15, 0.2) is 0 Å². The number of nitrogens with zero attached hydrogens (tertiary/aromatic N) is 1. The lowest BCUT2D eigenvalue weighted by atomic mass is 10.2. The van der Waals surface area contributed by atoms with Crippen LogP contribution in [0.3, 0.4) is 0 Å². The van der Waals surface area contributed by atoms with Gasteiger partial charge < -0.3 is 9.52 Å². The highest BCUT2D eigenvalue weighted by molar-refractivity contribution is 5.86. The van der Waals surface area contributed by atoms with Crippen LogP contribution in [0.25, 0.3) is 0 Å². The van der Waals surface area contributed by atoms with Gasteiger partial charge in [0.1, 0.15) is 0 Å². The van der Waals surface area contributed by atoms with E-state index >= 15 is 0 Å². The molecule has 0 aliphatic heterocycles. The molecule has 1 fully saturated rings. The molecule has 16 heavy (non-hydrogen) atoms. The highest BCUT2D eigenvalue weighted by atomic mass is 16.4. The number of hydrogen-bond acceptors (Lipinski definition) is 3. The normalized spacial score (nSPS) is 15.6. The van der Waals surface area contributed by atoms with Gasteiger partial charge in [-0.15, -0.1) is 0 Å². The summed E-state index contributed by atoms with van der Waals surface area (Å²) >= 11 is 0. The Labute approximate surface area is 94.9 Å². The Morgan fingerprint density at radius 3 is 2.94 bits per heavy atom. The first-order chi connectivity index (χ1) is 7.70. The maximum Gasteiger partial charge on any atom is 0.372 e. The third kappa shape index (κ3) is 2.64. The standard InChI is InChI=1S/C12H17NO3/c1-2-13(7-9-3-4-9)8-10-5-6-16-11(10)12(14)15/h5-6,9H,2-4,7-8H2,1H3,(H,14,15). The minimum absolute atomic E-state index is 0.0780. The molecule has 0 amide bonds. The summed E-state index contributed by atoms with van der Waals surface area (Å²) in [5.41, 5.74) is 0.773. The second-order valence-electron chi connectivity index (χ2n) is 4.35. The second kappa shape index (κ2) is 4.70. The number of carboxylic acids is 1. The Morgan fingerprint density at radius 2 is 2.38 bits per heavy atom. The van der Waals surface area contributed by atoms with Crippen LogP contribution in [0.4, 0.5) is 0 Å². The third-order valence-electron chi connectivity index (χ3n) is 3.00. The smallest absolute Gasteiger partial charge is 0.372 e. The van der Waals surface area contributed by atoms with Crippen LogP contribution in [0.15, 0.2) is 16.7 Å². The van der Waals surface area contributed by atoms with Gasteiger partial charge in [0.05, 0.1) is 6.26 Å². The van der Waals surface area contributed by atoms with Crippen LogP contribution in [0.1, 0.15) is 35.9 Å². The molecule has 1 N–H and O–H groups in total. The minimum atomic E-state index is -0.984. The van der Waals surface area contributed by atoms with Gasteiger partial charge in [0.2, 0.25) is 5.76 Å². The zero-order valence-corrected chi connectivity index (χ0v) is 9.48. The Bertz CT molecular complexity index is 368. The van der Waals surface area contributed by atoms with Crippen molar-refractivity contribution in [1.82, 2.24) is 4.90 Å². The zero-order chi connectivity index (χ0) is 11.5. The van der Waals surface area contributed by atoms with Gasteiger partial charge in [0, 0.05) is 18.7 Å². The lowest BCUT2D eigenvalue weighted by Gasteiger charge is -2.19. The zero-order valence-electron chi connectivity index (χ0n) is 9.48. The molecule has 4 heteroatoms. The summed E-state index contributed by atoms with van der Waals surface area (Å²) < 4.78 is 4.97. The molecular weight excluding hydrogens is 206 g/mol. The average molecular weight is 223 g/mol. The monoisotopic (exact) mass is 223 g/mol. The Kier molecular flexibility index (Phi) is 3.29.